The van der Waals surface area contributed by atoms with Crippen LogP contribution in [-0.2, 0) is 13.0 Å². The van der Waals surface area contributed by atoms with Crippen LogP contribution in [0.25, 0.3) is 0 Å². The SMILES string of the molecule is Cc1ccc2c(c1CCCN1CCNCC1)O/C(=C\C1=NCc3ccccc31)C2=O. The molecule has 0 spiro atoms. The molecule has 0 saturated carbocycles. The third-order valence-electron chi connectivity index (χ3n) is 6.27. The number of carbonyl (C=O) groups excluding carboxylic acids is 1. The van der Waals surface area contributed by atoms with Gasteiger partial charge in [-0.1, -0.05) is 30.3 Å². The molecule has 0 unspecified atom stereocenters. The number of piperazine rings is 1. The summed E-state index contributed by atoms with van der Waals surface area (Å²) in [5.41, 5.74) is 6.14. The standard InChI is InChI=1S/C25H27N3O2/c1-17-8-9-21-24(29)23(15-22-20-6-3-2-5-18(20)16-27-22)30-25(21)19(17)7-4-12-28-13-10-26-11-14-28/h2-3,5-6,8-9,15,26H,4,7,10-14,16H2,1H3/b23-15-. The Morgan fingerprint density at radius 2 is 1.97 bits per heavy atom. The van der Waals surface area contributed by atoms with Crippen LogP contribution >= 0.6 is 0 Å². The molecule has 0 aliphatic carbocycles. The van der Waals surface area contributed by atoms with Crippen LogP contribution in [0.1, 0.15) is 39.0 Å². The Morgan fingerprint density at radius 3 is 2.83 bits per heavy atom. The third-order valence-corrected chi connectivity index (χ3v) is 6.27. The lowest BCUT2D eigenvalue weighted by molar-refractivity contribution is 0.101. The second-order valence-electron chi connectivity index (χ2n) is 8.23. The van der Waals surface area contributed by atoms with Crippen molar-refractivity contribution in [1.82, 2.24) is 10.2 Å². The maximum Gasteiger partial charge on any atom is 0.232 e. The molecule has 0 radical (unpaired) electrons. The molecule has 1 saturated heterocycles. The maximum atomic E-state index is 13.0. The lowest BCUT2D eigenvalue weighted by Gasteiger charge is -2.27. The fourth-order valence-electron chi connectivity index (χ4n) is 4.54. The number of aliphatic imine (C=N–C) groups is 1. The van der Waals surface area contributed by atoms with Crippen molar-refractivity contribution in [3.63, 3.8) is 0 Å². The second-order valence-corrected chi connectivity index (χ2v) is 8.23. The van der Waals surface area contributed by atoms with E-state index in [0.29, 0.717) is 17.9 Å². The number of aryl methyl sites for hydroxylation is 1. The van der Waals surface area contributed by atoms with Gasteiger partial charge in [-0.05, 0) is 49.1 Å². The van der Waals surface area contributed by atoms with Crippen molar-refractivity contribution in [2.45, 2.75) is 26.3 Å². The Labute approximate surface area is 177 Å². The number of Topliss-reactive ketones (excluding diaryl/α,β-unsaturated/α-hetero) is 1. The number of nitrogens with one attached hydrogen (secondary N) is 1. The highest BCUT2D eigenvalue weighted by Gasteiger charge is 2.31. The van der Waals surface area contributed by atoms with Crippen LogP contribution in [0, 0.1) is 6.92 Å². The highest BCUT2D eigenvalue weighted by atomic mass is 16.5. The predicted octanol–water partition coefficient (Wildman–Crippen LogP) is 3.29. The minimum atomic E-state index is -0.0413. The highest BCUT2D eigenvalue weighted by Crippen LogP contribution is 2.37. The number of ketones is 1. The Balaban J connectivity index is 1.35. The first-order valence-electron chi connectivity index (χ1n) is 10.8. The van der Waals surface area contributed by atoms with Gasteiger partial charge in [-0.25, -0.2) is 0 Å². The summed E-state index contributed by atoms with van der Waals surface area (Å²) in [7, 11) is 0. The lowest BCUT2D eigenvalue weighted by atomic mass is 9.98. The first kappa shape index (κ1) is 19.2. The molecule has 5 nitrogen and oxygen atoms in total. The van der Waals surface area contributed by atoms with Gasteiger partial charge in [-0.15, -0.1) is 0 Å². The summed E-state index contributed by atoms with van der Waals surface area (Å²) in [6.45, 7) is 8.20. The van der Waals surface area contributed by atoms with E-state index in [2.05, 4.69) is 34.3 Å². The smallest absolute Gasteiger partial charge is 0.232 e. The van der Waals surface area contributed by atoms with Crippen LogP contribution in [0.3, 0.4) is 0 Å². The Hall–Kier alpha value is -2.76. The first-order chi connectivity index (χ1) is 14.7. The average Bonchev–Trinajstić information content (AvgIpc) is 3.32. The predicted molar refractivity (Wildman–Crippen MR) is 119 cm³/mol. The highest BCUT2D eigenvalue weighted by molar-refractivity contribution is 6.19. The zero-order valence-electron chi connectivity index (χ0n) is 17.4. The lowest BCUT2D eigenvalue weighted by Crippen LogP contribution is -2.43. The zero-order valence-corrected chi connectivity index (χ0v) is 17.4. The number of nitrogens with zero attached hydrogens (tertiary/aromatic N) is 2. The summed E-state index contributed by atoms with van der Waals surface area (Å²) in [6, 6.07) is 12.1. The number of allylic oxidation sites excluding steroid dienone is 2. The van der Waals surface area contributed by atoms with E-state index in [1.807, 2.05) is 30.3 Å². The summed E-state index contributed by atoms with van der Waals surface area (Å²) in [5.74, 6) is 1.09. The molecule has 5 heteroatoms. The van der Waals surface area contributed by atoms with Crippen molar-refractivity contribution < 1.29 is 9.53 Å². The van der Waals surface area contributed by atoms with Crippen LogP contribution in [-0.4, -0.2) is 49.1 Å². The van der Waals surface area contributed by atoms with E-state index in [0.717, 1.165) is 68.2 Å². The molecule has 0 atom stereocenters. The van der Waals surface area contributed by atoms with Gasteiger partial charge in [0.25, 0.3) is 0 Å². The van der Waals surface area contributed by atoms with Crippen molar-refractivity contribution >= 4 is 11.5 Å². The van der Waals surface area contributed by atoms with Crippen LogP contribution < -0.4 is 10.1 Å². The van der Waals surface area contributed by atoms with Gasteiger partial charge in [0.15, 0.2) is 5.76 Å². The molecule has 3 aliphatic rings. The van der Waals surface area contributed by atoms with E-state index in [1.165, 1.54) is 11.1 Å². The molecule has 0 aromatic heterocycles. The summed E-state index contributed by atoms with van der Waals surface area (Å²) in [5, 5.41) is 3.40. The molecule has 0 amide bonds. The van der Waals surface area contributed by atoms with Gasteiger partial charge in [0.2, 0.25) is 5.78 Å². The van der Waals surface area contributed by atoms with E-state index in [1.54, 1.807) is 0 Å². The molecule has 1 fully saturated rings. The zero-order chi connectivity index (χ0) is 20.5. The van der Waals surface area contributed by atoms with Crippen LogP contribution in [0.2, 0.25) is 0 Å². The van der Waals surface area contributed by atoms with Crippen molar-refractivity contribution in [2.24, 2.45) is 4.99 Å². The molecule has 3 aliphatic heterocycles. The largest absolute Gasteiger partial charge is 0.452 e. The van der Waals surface area contributed by atoms with Gasteiger partial charge in [-0.2, -0.15) is 0 Å². The number of rotatable bonds is 5. The fraction of sp³-hybridized carbons (Fsp3) is 0.360. The topological polar surface area (TPSA) is 53.9 Å². The van der Waals surface area contributed by atoms with Crippen molar-refractivity contribution in [2.75, 3.05) is 32.7 Å². The number of ether oxygens (including phenoxy) is 1. The number of fused-ring (bicyclic) bond motifs is 2. The summed E-state index contributed by atoms with van der Waals surface area (Å²) in [4.78, 5) is 20.1. The maximum absolute atomic E-state index is 13.0. The van der Waals surface area contributed by atoms with Crippen molar-refractivity contribution in [3.8, 4) is 5.75 Å². The third kappa shape index (κ3) is 3.59. The van der Waals surface area contributed by atoms with Gasteiger partial charge < -0.3 is 15.0 Å². The number of hydrogen-bond donors (Lipinski definition) is 1. The number of benzene rings is 2. The van der Waals surface area contributed by atoms with Gasteiger partial charge in [0.1, 0.15) is 5.75 Å². The minimum absolute atomic E-state index is 0.0413. The monoisotopic (exact) mass is 401 g/mol. The quantitative estimate of drug-likeness (QED) is 0.781. The van der Waals surface area contributed by atoms with Crippen LogP contribution in [0.15, 0.2) is 53.2 Å². The molecule has 2 aromatic rings. The molecule has 3 heterocycles. The molecular formula is C25H27N3O2. The normalized spacial score (nSPS) is 19.6. The second kappa shape index (κ2) is 8.17. The molecule has 5 rings (SSSR count). The van der Waals surface area contributed by atoms with Crippen LogP contribution in [0.5, 0.6) is 5.75 Å². The summed E-state index contributed by atoms with van der Waals surface area (Å²) < 4.78 is 6.16. The molecule has 0 bridgehead atoms. The molecule has 2 aromatic carbocycles. The summed E-state index contributed by atoms with van der Waals surface area (Å²) in [6.07, 6.45) is 3.80. The van der Waals surface area contributed by atoms with Gasteiger partial charge in [-0.3, -0.25) is 9.79 Å². The number of carbonyl (C=O) groups is 1. The van der Waals surface area contributed by atoms with E-state index >= 15 is 0 Å². The van der Waals surface area contributed by atoms with Gasteiger partial charge in [0.05, 0.1) is 17.8 Å². The van der Waals surface area contributed by atoms with E-state index < -0.39 is 0 Å². The fourth-order valence-corrected chi connectivity index (χ4v) is 4.54. The molecule has 30 heavy (non-hydrogen) atoms. The molecular weight excluding hydrogens is 374 g/mol. The van der Waals surface area contributed by atoms with Crippen LogP contribution in [0.4, 0.5) is 0 Å². The number of hydrogen-bond acceptors (Lipinski definition) is 5. The van der Waals surface area contributed by atoms with E-state index in [4.69, 9.17) is 4.74 Å². The average molecular weight is 402 g/mol. The first-order valence-corrected chi connectivity index (χ1v) is 10.8. The molecule has 1 N–H and O–H groups in total. The Morgan fingerprint density at radius 1 is 1.13 bits per heavy atom. The van der Waals surface area contributed by atoms with Gasteiger partial charge in [0, 0.05) is 37.8 Å². The summed E-state index contributed by atoms with van der Waals surface area (Å²) >= 11 is 0. The van der Waals surface area contributed by atoms with Crippen molar-refractivity contribution in [3.05, 3.63) is 76.1 Å². The van der Waals surface area contributed by atoms with E-state index in [-0.39, 0.29) is 5.78 Å². The van der Waals surface area contributed by atoms with E-state index in [9.17, 15) is 4.79 Å². The van der Waals surface area contributed by atoms with Gasteiger partial charge >= 0.3 is 0 Å². The Kier molecular flexibility index (Phi) is 5.23. The van der Waals surface area contributed by atoms with Crippen molar-refractivity contribution in [1.29, 1.82) is 0 Å². The minimum Gasteiger partial charge on any atom is -0.452 e. The molecule has 154 valence electrons. The Bertz CT molecular complexity index is 1050.